The number of aliphatic hydroxyl groups excluding tert-OH is 2. The van der Waals surface area contributed by atoms with Gasteiger partial charge in [-0.25, -0.2) is 4.68 Å². The molecule has 0 amide bonds. The maximum absolute atomic E-state index is 11.4. The number of aromatic hydroxyl groups is 1. The van der Waals surface area contributed by atoms with E-state index in [4.69, 9.17) is 0 Å². The molecule has 2 aliphatic rings. The van der Waals surface area contributed by atoms with Gasteiger partial charge in [0.15, 0.2) is 0 Å². The lowest BCUT2D eigenvalue weighted by Crippen LogP contribution is -2.53. The first-order valence-electron chi connectivity index (χ1n) is 13.5. The van der Waals surface area contributed by atoms with Crippen molar-refractivity contribution in [3.8, 4) is 11.6 Å². The summed E-state index contributed by atoms with van der Waals surface area (Å²) in [7, 11) is 2.05. The van der Waals surface area contributed by atoms with Crippen LogP contribution in [0.2, 0.25) is 0 Å². The molecule has 0 saturated heterocycles. The first kappa shape index (κ1) is 24.7. The number of para-hydroxylation sites is 1. The van der Waals surface area contributed by atoms with Gasteiger partial charge in [-0.05, 0) is 41.0 Å². The SMILES string of the molecule is CCCc1nn(-c2ccccc2)c(O)c1C1C(O)C(C=C2N(C)c3ccc4ccccc4c3C2(C)C)C1O. The molecule has 196 valence electrons. The van der Waals surface area contributed by atoms with Gasteiger partial charge < -0.3 is 20.2 Å². The van der Waals surface area contributed by atoms with Crippen LogP contribution in [0, 0.1) is 5.92 Å². The van der Waals surface area contributed by atoms with Crippen molar-refractivity contribution < 1.29 is 15.3 Å². The highest BCUT2D eigenvalue weighted by Gasteiger charge is 2.53. The molecule has 6 heteroatoms. The van der Waals surface area contributed by atoms with Gasteiger partial charge in [0, 0.05) is 41.2 Å². The van der Waals surface area contributed by atoms with Crippen molar-refractivity contribution in [1.29, 1.82) is 0 Å². The third kappa shape index (κ3) is 3.51. The summed E-state index contributed by atoms with van der Waals surface area (Å²) in [6, 6.07) is 22.2. The Kier molecular flexibility index (Phi) is 5.85. The molecule has 4 aromatic rings. The molecule has 1 fully saturated rings. The molecule has 0 spiro atoms. The largest absolute Gasteiger partial charge is 0.493 e. The Morgan fingerprint density at radius 1 is 0.947 bits per heavy atom. The van der Waals surface area contributed by atoms with E-state index in [9.17, 15) is 15.3 Å². The van der Waals surface area contributed by atoms with Crippen LogP contribution < -0.4 is 4.90 Å². The number of anilines is 1. The summed E-state index contributed by atoms with van der Waals surface area (Å²) in [4.78, 5) is 2.18. The zero-order chi connectivity index (χ0) is 26.8. The molecule has 3 N–H and O–H groups in total. The Hall–Kier alpha value is -3.61. The first-order chi connectivity index (χ1) is 18.3. The molecule has 2 atom stereocenters. The number of rotatable bonds is 5. The third-order valence-corrected chi connectivity index (χ3v) is 8.56. The molecule has 38 heavy (non-hydrogen) atoms. The Morgan fingerprint density at radius 3 is 2.34 bits per heavy atom. The van der Waals surface area contributed by atoms with Gasteiger partial charge >= 0.3 is 0 Å². The van der Waals surface area contributed by atoms with E-state index in [0.29, 0.717) is 12.0 Å². The molecule has 6 nitrogen and oxygen atoms in total. The van der Waals surface area contributed by atoms with Crippen molar-refractivity contribution in [2.45, 2.75) is 57.2 Å². The Morgan fingerprint density at radius 2 is 1.63 bits per heavy atom. The van der Waals surface area contributed by atoms with E-state index >= 15 is 0 Å². The van der Waals surface area contributed by atoms with Crippen LogP contribution in [0.5, 0.6) is 5.88 Å². The van der Waals surface area contributed by atoms with E-state index in [1.54, 1.807) is 0 Å². The minimum absolute atomic E-state index is 0.00829. The molecule has 2 unspecified atom stereocenters. The number of nitrogens with zero attached hydrogens (tertiary/aromatic N) is 3. The zero-order valence-electron chi connectivity index (χ0n) is 22.3. The van der Waals surface area contributed by atoms with Crippen molar-refractivity contribution in [1.82, 2.24) is 9.78 Å². The van der Waals surface area contributed by atoms with Gasteiger partial charge in [-0.15, -0.1) is 0 Å². The summed E-state index contributed by atoms with van der Waals surface area (Å²) in [6.45, 7) is 6.47. The summed E-state index contributed by atoms with van der Waals surface area (Å²) in [5.41, 5.74) is 5.18. The summed E-state index contributed by atoms with van der Waals surface area (Å²) in [6.07, 6.45) is 1.87. The normalized spacial score (nSPS) is 25.1. The van der Waals surface area contributed by atoms with Crippen molar-refractivity contribution in [3.63, 3.8) is 0 Å². The van der Waals surface area contributed by atoms with Gasteiger partial charge in [-0.2, -0.15) is 5.10 Å². The molecular formula is C32H35N3O3. The summed E-state index contributed by atoms with van der Waals surface area (Å²) in [5, 5.41) is 41.2. The quantitative estimate of drug-likeness (QED) is 0.334. The van der Waals surface area contributed by atoms with Crippen molar-refractivity contribution in [3.05, 3.63) is 95.3 Å². The van der Waals surface area contributed by atoms with E-state index < -0.39 is 24.0 Å². The monoisotopic (exact) mass is 509 g/mol. The Bertz CT molecular complexity index is 1530. The maximum Gasteiger partial charge on any atom is 0.218 e. The average Bonchev–Trinajstić information content (AvgIpc) is 3.33. The lowest BCUT2D eigenvalue weighted by atomic mass is 9.64. The van der Waals surface area contributed by atoms with E-state index in [1.807, 2.05) is 36.4 Å². The van der Waals surface area contributed by atoms with Crippen LogP contribution in [0.4, 0.5) is 5.69 Å². The number of hydrogen-bond donors (Lipinski definition) is 3. The van der Waals surface area contributed by atoms with Gasteiger partial charge in [0.05, 0.1) is 23.6 Å². The highest BCUT2D eigenvalue weighted by atomic mass is 16.3. The van der Waals surface area contributed by atoms with Crippen LogP contribution in [0.1, 0.15) is 49.9 Å². The summed E-state index contributed by atoms with van der Waals surface area (Å²) >= 11 is 0. The zero-order valence-corrected chi connectivity index (χ0v) is 22.3. The number of allylic oxidation sites excluding steroid dienone is 1. The number of aromatic nitrogens is 2. The lowest BCUT2D eigenvalue weighted by molar-refractivity contribution is -0.0955. The Labute approximate surface area is 223 Å². The molecule has 1 saturated carbocycles. The van der Waals surface area contributed by atoms with Gasteiger partial charge in [0.1, 0.15) is 0 Å². The van der Waals surface area contributed by atoms with E-state index in [0.717, 1.165) is 29.2 Å². The lowest BCUT2D eigenvalue weighted by Gasteiger charge is -2.46. The third-order valence-electron chi connectivity index (χ3n) is 8.56. The number of fused-ring (bicyclic) bond motifs is 3. The van der Waals surface area contributed by atoms with E-state index in [1.165, 1.54) is 21.0 Å². The first-order valence-corrected chi connectivity index (χ1v) is 13.5. The second-order valence-electron chi connectivity index (χ2n) is 11.2. The predicted octanol–water partition coefficient (Wildman–Crippen LogP) is 5.43. The van der Waals surface area contributed by atoms with E-state index in [2.05, 4.69) is 74.2 Å². The van der Waals surface area contributed by atoms with Crippen molar-refractivity contribution in [2.24, 2.45) is 5.92 Å². The molecule has 3 aromatic carbocycles. The molecule has 2 heterocycles. The number of aliphatic hydroxyl groups is 2. The Balaban J connectivity index is 1.36. The fraction of sp³-hybridized carbons (Fsp3) is 0.344. The predicted molar refractivity (Wildman–Crippen MR) is 151 cm³/mol. The number of benzene rings is 3. The number of aryl methyl sites for hydroxylation is 1. The van der Waals surface area contributed by atoms with Gasteiger partial charge in [0.25, 0.3) is 0 Å². The molecule has 6 rings (SSSR count). The van der Waals surface area contributed by atoms with E-state index in [-0.39, 0.29) is 11.3 Å². The number of hydrogen-bond acceptors (Lipinski definition) is 5. The molecule has 0 radical (unpaired) electrons. The van der Waals surface area contributed by atoms with Gasteiger partial charge in [0.2, 0.25) is 5.88 Å². The minimum Gasteiger partial charge on any atom is -0.493 e. The summed E-state index contributed by atoms with van der Waals surface area (Å²) in [5.74, 6) is -1.06. The molecule has 0 bridgehead atoms. The van der Waals surface area contributed by atoms with Crippen molar-refractivity contribution in [2.75, 3.05) is 11.9 Å². The van der Waals surface area contributed by atoms with Crippen LogP contribution >= 0.6 is 0 Å². The van der Waals surface area contributed by atoms with Gasteiger partial charge in [-0.3, -0.25) is 0 Å². The fourth-order valence-corrected chi connectivity index (χ4v) is 6.63. The fourth-order valence-electron chi connectivity index (χ4n) is 6.63. The van der Waals surface area contributed by atoms with Crippen LogP contribution in [-0.2, 0) is 11.8 Å². The summed E-state index contributed by atoms with van der Waals surface area (Å²) < 4.78 is 1.52. The molecule has 1 aromatic heterocycles. The second-order valence-corrected chi connectivity index (χ2v) is 11.2. The van der Waals surface area contributed by atoms with Crippen LogP contribution in [0.15, 0.2) is 78.5 Å². The van der Waals surface area contributed by atoms with Gasteiger partial charge in [-0.1, -0.05) is 81.8 Å². The molecule has 1 aliphatic heterocycles. The van der Waals surface area contributed by atoms with Crippen molar-refractivity contribution >= 4 is 16.5 Å². The van der Waals surface area contributed by atoms with Crippen LogP contribution in [0.3, 0.4) is 0 Å². The number of likely N-dealkylation sites (N-methyl/N-ethyl adjacent to an activating group) is 1. The highest BCUT2D eigenvalue weighted by Crippen LogP contribution is 2.53. The van der Waals surface area contributed by atoms with Crippen LogP contribution in [0.25, 0.3) is 16.5 Å². The maximum atomic E-state index is 11.4. The second kappa shape index (κ2) is 9.00. The molecule has 1 aliphatic carbocycles. The molecular weight excluding hydrogens is 474 g/mol. The smallest absolute Gasteiger partial charge is 0.218 e. The topological polar surface area (TPSA) is 81.8 Å². The minimum atomic E-state index is -0.836. The standard InChI is InChI=1S/C32H35N3O3/c1-5-11-23-26(31(38)35(33-23)20-13-7-6-8-14-20)27-29(36)22(30(27)37)18-25-32(2,3)28-21-15-10-9-12-19(21)16-17-24(28)34(25)4/h6-10,12-18,22,27,29-30,36-38H,5,11H2,1-4H3. The average molecular weight is 510 g/mol. The highest BCUT2D eigenvalue weighted by molar-refractivity contribution is 5.94. The van der Waals surface area contributed by atoms with Crippen LogP contribution in [-0.4, -0.2) is 44.4 Å².